The van der Waals surface area contributed by atoms with Crippen molar-refractivity contribution in [2.75, 3.05) is 24.7 Å². The summed E-state index contributed by atoms with van der Waals surface area (Å²) in [6, 6.07) is 0. The summed E-state index contributed by atoms with van der Waals surface area (Å²) >= 11 is 1.76. The molecule has 0 aliphatic carbocycles. The van der Waals surface area contributed by atoms with Crippen molar-refractivity contribution < 1.29 is 30.8 Å². The standard InChI is InChI=1S/C8H16N2O6S2/c11-1-5(13)3-17-7(9-15)8(10-16)18-4-6(14)2-12/h5-6,11-16H,1-4H2. The molecule has 0 aliphatic heterocycles. The van der Waals surface area contributed by atoms with E-state index in [9.17, 15) is 0 Å². The van der Waals surface area contributed by atoms with Crippen LogP contribution in [-0.4, -0.2) is 77.9 Å². The van der Waals surface area contributed by atoms with E-state index >= 15 is 0 Å². The summed E-state index contributed by atoms with van der Waals surface area (Å²) in [6.45, 7) is -0.874. The molecule has 0 aromatic carbocycles. The lowest BCUT2D eigenvalue weighted by molar-refractivity contribution is 0.113. The van der Waals surface area contributed by atoms with Gasteiger partial charge in [0.15, 0.2) is 10.1 Å². The van der Waals surface area contributed by atoms with Crippen LogP contribution in [0.3, 0.4) is 0 Å². The van der Waals surface area contributed by atoms with E-state index in [-0.39, 0.29) is 21.6 Å². The molecular weight excluding hydrogens is 284 g/mol. The van der Waals surface area contributed by atoms with Crippen LogP contribution in [0.4, 0.5) is 0 Å². The minimum Gasteiger partial charge on any atom is -0.410 e. The fourth-order valence-corrected chi connectivity index (χ4v) is 2.43. The summed E-state index contributed by atoms with van der Waals surface area (Å²) < 4.78 is 0. The van der Waals surface area contributed by atoms with Crippen molar-refractivity contribution in [1.29, 1.82) is 0 Å². The van der Waals surface area contributed by atoms with Gasteiger partial charge in [-0.05, 0) is 0 Å². The van der Waals surface area contributed by atoms with Crippen molar-refractivity contribution in [3.8, 4) is 0 Å². The van der Waals surface area contributed by atoms with Gasteiger partial charge in [-0.25, -0.2) is 0 Å². The fraction of sp³-hybridized carbons (Fsp3) is 0.750. The molecule has 0 bridgehead atoms. The van der Waals surface area contributed by atoms with Crippen LogP contribution >= 0.6 is 23.5 Å². The van der Waals surface area contributed by atoms with Crippen molar-refractivity contribution in [3.05, 3.63) is 0 Å². The van der Waals surface area contributed by atoms with Crippen LogP contribution in [-0.2, 0) is 0 Å². The molecule has 10 heteroatoms. The molecule has 0 spiro atoms. The van der Waals surface area contributed by atoms with E-state index in [1.807, 2.05) is 0 Å². The van der Waals surface area contributed by atoms with Crippen molar-refractivity contribution in [2.24, 2.45) is 10.3 Å². The summed E-state index contributed by atoms with van der Waals surface area (Å²) in [4.78, 5) is 0. The zero-order valence-electron chi connectivity index (χ0n) is 9.38. The first-order valence-electron chi connectivity index (χ1n) is 4.86. The third-order valence-electron chi connectivity index (χ3n) is 1.61. The maximum Gasteiger partial charge on any atom is 0.171 e. The highest BCUT2D eigenvalue weighted by molar-refractivity contribution is 8.25. The van der Waals surface area contributed by atoms with E-state index in [2.05, 4.69) is 10.3 Å². The highest BCUT2D eigenvalue weighted by Crippen LogP contribution is 2.16. The minimum atomic E-state index is -0.986. The van der Waals surface area contributed by atoms with Crippen LogP contribution in [0.2, 0.25) is 0 Å². The average Bonchev–Trinajstić information content (AvgIpc) is 2.41. The van der Waals surface area contributed by atoms with Gasteiger partial charge in [-0.1, -0.05) is 33.8 Å². The lowest BCUT2D eigenvalue weighted by Gasteiger charge is -2.10. The second-order valence-corrected chi connectivity index (χ2v) is 5.12. The monoisotopic (exact) mass is 300 g/mol. The Balaban J connectivity index is 4.33. The Morgan fingerprint density at radius 1 is 0.833 bits per heavy atom. The molecule has 0 aromatic rings. The highest BCUT2D eigenvalue weighted by atomic mass is 32.2. The lowest BCUT2D eigenvalue weighted by Crippen LogP contribution is -2.20. The van der Waals surface area contributed by atoms with Gasteiger partial charge in [0, 0.05) is 11.5 Å². The average molecular weight is 300 g/mol. The highest BCUT2D eigenvalue weighted by Gasteiger charge is 2.16. The number of oxime groups is 2. The van der Waals surface area contributed by atoms with E-state index in [0.29, 0.717) is 0 Å². The fourth-order valence-electron chi connectivity index (χ4n) is 0.722. The second-order valence-electron chi connectivity index (χ2n) is 3.11. The maximum absolute atomic E-state index is 9.12. The van der Waals surface area contributed by atoms with Crippen LogP contribution in [0, 0.1) is 0 Å². The molecule has 18 heavy (non-hydrogen) atoms. The largest absolute Gasteiger partial charge is 0.410 e. The zero-order chi connectivity index (χ0) is 14.0. The number of hydrogen-bond donors (Lipinski definition) is 6. The van der Waals surface area contributed by atoms with Gasteiger partial charge in [0.1, 0.15) is 0 Å². The normalized spacial score (nSPS) is 16.7. The maximum atomic E-state index is 9.12. The van der Waals surface area contributed by atoms with Crippen molar-refractivity contribution in [3.63, 3.8) is 0 Å². The first-order chi connectivity index (χ1) is 8.58. The lowest BCUT2D eigenvalue weighted by atomic mass is 10.4. The Morgan fingerprint density at radius 3 is 1.39 bits per heavy atom. The van der Waals surface area contributed by atoms with Gasteiger partial charge in [-0.2, -0.15) is 0 Å². The molecule has 0 saturated carbocycles. The molecule has 6 N–H and O–H groups in total. The molecule has 0 heterocycles. The quantitative estimate of drug-likeness (QED) is 0.154. The smallest absolute Gasteiger partial charge is 0.171 e. The molecule has 0 saturated heterocycles. The van der Waals surface area contributed by atoms with E-state index in [1.54, 1.807) is 0 Å². The van der Waals surface area contributed by atoms with Gasteiger partial charge >= 0.3 is 0 Å². The Hall–Kier alpha value is -0.520. The van der Waals surface area contributed by atoms with E-state index in [0.717, 1.165) is 23.5 Å². The summed E-state index contributed by atoms with van der Waals surface area (Å²) in [7, 11) is 0. The predicted molar refractivity (Wildman–Crippen MR) is 69.5 cm³/mol. The zero-order valence-corrected chi connectivity index (χ0v) is 11.0. The molecule has 2 unspecified atom stereocenters. The number of nitrogens with zero attached hydrogens (tertiary/aromatic N) is 2. The molecule has 0 fully saturated rings. The van der Waals surface area contributed by atoms with Crippen molar-refractivity contribution >= 4 is 33.6 Å². The van der Waals surface area contributed by atoms with Crippen molar-refractivity contribution in [2.45, 2.75) is 12.2 Å². The predicted octanol–water partition coefficient (Wildman–Crippen LogP) is -1.27. The SMILES string of the molecule is OCC(O)CSC(=NO)C(=NO)SCC(O)CO. The second kappa shape index (κ2) is 10.4. The third kappa shape index (κ3) is 7.03. The molecule has 2 atom stereocenters. The summed E-state index contributed by atoms with van der Waals surface area (Å²) in [5.41, 5.74) is 0. The molecule has 106 valence electrons. The number of hydrogen-bond acceptors (Lipinski definition) is 10. The van der Waals surface area contributed by atoms with E-state index < -0.39 is 25.4 Å². The van der Waals surface area contributed by atoms with Gasteiger partial charge in [0.25, 0.3) is 0 Å². The topological polar surface area (TPSA) is 146 Å². The molecule has 0 amide bonds. The van der Waals surface area contributed by atoms with Gasteiger partial charge in [-0.15, -0.1) is 0 Å². The van der Waals surface area contributed by atoms with Crippen molar-refractivity contribution in [1.82, 2.24) is 0 Å². The molecule has 0 rings (SSSR count). The number of aliphatic hydroxyl groups is 4. The third-order valence-corrected chi connectivity index (χ3v) is 3.94. The Labute approximate surface area is 112 Å². The summed E-state index contributed by atoms with van der Waals surface area (Å²) in [5, 5.41) is 58.6. The first kappa shape index (κ1) is 17.5. The van der Waals surface area contributed by atoms with Gasteiger partial charge in [0.05, 0.1) is 25.4 Å². The van der Waals surface area contributed by atoms with Crippen LogP contribution in [0.1, 0.15) is 0 Å². The molecule has 0 aliphatic rings. The Kier molecular flexibility index (Phi) is 10.1. The van der Waals surface area contributed by atoms with Gasteiger partial charge in [0.2, 0.25) is 0 Å². The molecule has 0 radical (unpaired) electrons. The molecule has 0 aromatic heterocycles. The summed E-state index contributed by atoms with van der Waals surface area (Å²) in [6.07, 6.45) is -1.97. The Morgan fingerprint density at radius 2 is 1.17 bits per heavy atom. The number of aliphatic hydroxyl groups excluding tert-OH is 4. The van der Waals surface area contributed by atoms with E-state index in [4.69, 9.17) is 30.8 Å². The molecule has 8 nitrogen and oxygen atoms in total. The van der Waals surface area contributed by atoms with E-state index in [1.165, 1.54) is 0 Å². The van der Waals surface area contributed by atoms with Crippen LogP contribution in [0.5, 0.6) is 0 Å². The summed E-state index contributed by atoms with van der Waals surface area (Å²) in [5.74, 6) is 0.107. The van der Waals surface area contributed by atoms with Gasteiger partial charge in [-0.3, -0.25) is 0 Å². The number of rotatable bonds is 6. The van der Waals surface area contributed by atoms with Crippen LogP contribution in [0.25, 0.3) is 0 Å². The van der Waals surface area contributed by atoms with Gasteiger partial charge < -0.3 is 30.8 Å². The molecular formula is C8H16N2O6S2. The number of thioether (sulfide) groups is 2. The first-order valence-corrected chi connectivity index (χ1v) is 6.84. The van der Waals surface area contributed by atoms with Crippen LogP contribution in [0.15, 0.2) is 10.3 Å². The Bertz CT molecular complexity index is 261. The van der Waals surface area contributed by atoms with Crippen LogP contribution < -0.4 is 0 Å². The minimum absolute atomic E-state index is 0.0536.